The third kappa shape index (κ3) is 4.77. The molecule has 1 amide bonds. The standard InChI is InChI=1S/C12H12N2O6/c13-11(15)5-6-20-10-3-1-8(2-4-12(16)17)7-9(10)14(18)19/h1-4,7H,5-6H2,(H2,13,15)(H,16,17)/b4-2+. The molecule has 0 aliphatic carbocycles. The molecular weight excluding hydrogens is 268 g/mol. The number of carbonyl (C=O) groups is 2. The fraction of sp³-hybridized carbons (Fsp3) is 0.167. The van der Waals surface area contributed by atoms with Crippen molar-refractivity contribution in [1.82, 2.24) is 0 Å². The molecule has 0 aromatic heterocycles. The number of carboxylic acid groups (broad SMARTS) is 1. The SMILES string of the molecule is NC(=O)CCOc1ccc(/C=C/C(=O)O)cc1[N+](=O)[O-]. The highest BCUT2D eigenvalue weighted by molar-refractivity contribution is 5.85. The molecular formula is C12H12N2O6. The van der Waals surface area contributed by atoms with Gasteiger partial charge in [-0.25, -0.2) is 4.79 Å². The van der Waals surface area contributed by atoms with E-state index in [0.29, 0.717) is 5.56 Å². The fourth-order valence-corrected chi connectivity index (χ4v) is 1.33. The van der Waals surface area contributed by atoms with Gasteiger partial charge in [-0.15, -0.1) is 0 Å². The van der Waals surface area contributed by atoms with E-state index < -0.39 is 16.8 Å². The first-order valence-electron chi connectivity index (χ1n) is 5.50. The number of nitrogens with two attached hydrogens (primary N) is 1. The molecule has 0 bridgehead atoms. The zero-order valence-electron chi connectivity index (χ0n) is 10.3. The number of aliphatic carboxylic acids is 1. The summed E-state index contributed by atoms with van der Waals surface area (Å²) in [7, 11) is 0. The summed E-state index contributed by atoms with van der Waals surface area (Å²) in [6.07, 6.45) is 2.03. The predicted molar refractivity (Wildman–Crippen MR) is 69.1 cm³/mol. The van der Waals surface area contributed by atoms with Gasteiger partial charge in [-0.2, -0.15) is 0 Å². The van der Waals surface area contributed by atoms with E-state index >= 15 is 0 Å². The van der Waals surface area contributed by atoms with Crippen molar-refractivity contribution in [3.8, 4) is 5.75 Å². The Kier molecular flexibility index (Phi) is 5.21. The number of nitro groups is 1. The van der Waals surface area contributed by atoms with Crippen LogP contribution in [0.25, 0.3) is 6.08 Å². The summed E-state index contributed by atoms with van der Waals surface area (Å²) < 4.78 is 5.11. The minimum Gasteiger partial charge on any atom is -0.486 e. The Balaban J connectivity index is 2.93. The van der Waals surface area contributed by atoms with E-state index in [4.69, 9.17) is 15.6 Å². The van der Waals surface area contributed by atoms with Gasteiger partial charge < -0.3 is 15.6 Å². The van der Waals surface area contributed by atoms with E-state index in [1.165, 1.54) is 24.3 Å². The highest BCUT2D eigenvalue weighted by Gasteiger charge is 2.15. The number of benzene rings is 1. The van der Waals surface area contributed by atoms with Gasteiger partial charge in [-0.3, -0.25) is 14.9 Å². The lowest BCUT2D eigenvalue weighted by molar-refractivity contribution is -0.385. The summed E-state index contributed by atoms with van der Waals surface area (Å²) in [6, 6.07) is 3.98. The average molecular weight is 280 g/mol. The van der Waals surface area contributed by atoms with Gasteiger partial charge in [0.15, 0.2) is 5.75 Å². The van der Waals surface area contributed by atoms with Crippen molar-refractivity contribution in [3.05, 3.63) is 40.0 Å². The van der Waals surface area contributed by atoms with Crippen LogP contribution in [0.15, 0.2) is 24.3 Å². The van der Waals surface area contributed by atoms with Crippen LogP contribution in [0.4, 0.5) is 5.69 Å². The molecule has 0 fully saturated rings. The van der Waals surface area contributed by atoms with Gasteiger partial charge in [0.2, 0.25) is 5.91 Å². The van der Waals surface area contributed by atoms with Gasteiger partial charge in [0, 0.05) is 12.1 Å². The largest absolute Gasteiger partial charge is 0.486 e. The molecule has 0 saturated heterocycles. The number of carbonyl (C=O) groups excluding carboxylic acids is 1. The Morgan fingerprint density at radius 1 is 1.45 bits per heavy atom. The van der Waals surface area contributed by atoms with Crippen molar-refractivity contribution < 1.29 is 24.4 Å². The second-order valence-corrected chi connectivity index (χ2v) is 3.72. The molecule has 106 valence electrons. The van der Waals surface area contributed by atoms with Crippen LogP contribution >= 0.6 is 0 Å². The quantitative estimate of drug-likeness (QED) is 0.434. The summed E-state index contributed by atoms with van der Waals surface area (Å²) >= 11 is 0. The van der Waals surface area contributed by atoms with Crippen LogP contribution in [-0.4, -0.2) is 28.5 Å². The zero-order valence-corrected chi connectivity index (χ0v) is 10.3. The molecule has 1 aromatic rings. The number of ether oxygens (including phenoxy) is 1. The summed E-state index contributed by atoms with van der Waals surface area (Å²) in [5, 5.41) is 19.4. The summed E-state index contributed by atoms with van der Waals surface area (Å²) in [5.41, 5.74) is 4.96. The van der Waals surface area contributed by atoms with Crippen LogP contribution in [0.2, 0.25) is 0 Å². The van der Waals surface area contributed by atoms with Gasteiger partial charge in [-0.1, -0.05) is 6.07 Å². The Bertz CT molecular complexity index is 567. The van der Waals surface area contributed by atoms with Crippen LogP contribution in [-0.2, 0) is 9.59 Å². The van der Waals surface area contributed by atoms with E-state index in [-0.39, 0.29) is 24.5 Å². The molecule has 1 aromatic carbocycles. The number of primary amides is 1. The molecule has 0 spiro atoms. The van der Waals surface area contributed by atoms with Crippen LogP contribution in [0.5, 0.6) is 5.75 Å². The van der Waals surface area contributed by atoms with Gasteiger partial charge >= 0.3 is 11.7 Å². The summed E-state index contributed by atoms with van der Waals surface area (Å²) in [6.45, 7) is -0.0690. The molecule has 0 unspecified atom stereocenters. The van der Waals surface area contributed by atoms with Crippen molar-refractivity contribution in [2.75, 3.05) is 6.61 Å². The number of nitro benzene ring substituents is 1. The third-order valence-electron chi connectivity index (χ3n) is 2.20. The zero-order chi connectivity index (χ0) is 15.1. The topological polar surface area (TPSA) is 133 Å². The molecule has 0 aliphatic rings. The molecule has 0 atom stereocenters. The second-order valence-electron chi connectivity index (χ2n) is 3.72. The first kappa shape index (κ1) is 15.2. The Labute approximate surface area is 113 Å². The van der Waals surface area contributed by atoms with Crippen LogP contribution in [0.3, 0.4) is 0 Å². The highest BCUT2D eigenvalue weighted by Crippen LogP contribution is 2.28. The molecule has 0 radical (unpaired) electrons. The molecule has 0 aliphatic heterocycles. The smallest absolute Gasteiger partial charge is 0.328 e. The molecule has 1 rings (SSSR count). The molecule has 3 N–H and O–H groups in total. The lowest BCUT2D eigenvalue weighted by atomic mass is 10.1. The fourth-order valence-electron chi connectivity index (χ4n) is 1.33. The molecule has 0 heterocycles. The third-order valence-corrected chi connectivity index (χ3v) is 2.20. The van der Waals surface area contributed by atoms with Crippen molar-refractivity contribution in [2.45, 2.75) is 6.42 Å². The number of rotatable bonds is 7. The van der Waals surface area contributed by atoms with E-state index in [1.807, 2.05) is 0 Å². The second kappa shape index (κ2) is 6.88. The van der Waals surface area contributed by atoms with Crippen molar-refractivity contribution in [2.24, 2.45) is 5.73 Å². The van der Waals surface area contributed by atoms with E-state index in [9.17, 15) is 19.7 Å². The Morgan fingerprint density at radius 2 is 2.15 bits per heavy atom. The maximum absolute atomic E-state index is 10.9. The van der Waals surface area contributed by atoms with Crippen LogP contribution < -0.4 is 10.5 Å². The summed E-state index contributed by atoms with van der Waals surface area (Å²) in [5.74, 6) is -1.74. The van der Waals surface area contributed by atoms with E-state index in [2.05, 4.69) is 0 Å². The Hall–Kier alpha value is -2.90. The summed E-state index contributed by atoms with van der Waals surface area (Å²) in [4.78, 5) is 31.2. The maximum Gasteiger partial charge on any atom is 0.328 e. The van der Waals surface area contributed by atoms with E-state index in [0.717, 1.165) is 6.08 Å². The number of hydrogen-bond donors (Lipinski definition) is 2. The lowest BCUT2D eigenvalue weighted by Crippen LogP contribution is -2.14. The van der Waals surface area contributed by atoms with Gasteiger partial charge in [-0.05, 0) is 17.7 Å². The maximum atomic E-state index is 10.9. The van der Waals surface area contributed by atoms with Crippen molar-refractivity contribution >= 4 is 23.6 Å². The normalized spacial score (nSPS) is 10.4. The monoisotopic (exact) mass is 280 g/mol. The molecule has 0 saturated carbocycles. The van der Waals surface area contributed by atoms with Gasteiger partial charge in [0.25, 0.3) is 0 Å². The van der Waals surface area contributed by atoms with Crippen LogP contribution in [0, 0.1) is 10.1 Å². The number of amides is 1. The van der Waals surface area contributed by atoms with E-state index in [1.54, 1.807) is 0 Å². The first-order valence-corrected chi connectivity index (χ1v) is 5.50. The number of carboxylic acids is 1. The number of nitrogens with zero attached hydrogens (tertiary/aromatic N) is 1. The minimum absolute atomic E-state index is 0.0104. The molecule has 20 heavy (non-hydrogen) atoms. The predicted octanol–water partition coefficient (Wildman–Crippen LogP) is 0.947. The molecule has 8 heteroatoms. The molecule has 8 nitrogen and oxygen atoms in total. The average Bonchev–Trinajstić information content (AvgIpc) is 2.36. The van der Waals surface area contributed by atoms with Crippen molar-refractivity contribution in [1.29, 1.82) is 0 Å². The Morgan fingerprint density at radius 3 is 2.70 bits per heavy atom. The minimum atomic E-state index is -1.16. The van der Waals surface area contributed by atoms with Gasteiger partial charge in [0.1, 0.15) is 0 Å². The lowest BCUT2D eigenvalue weighted by Gasteiger charge is -2.06. The van der Waals surface area contributed by atoms with Crippen LogP contribution in [0.1, 0.15) is 12.0 Å². The highest BCUT2D eigenvalue weighted by atomic mass is 16.6. The number of hydrogen-bond acceptors (Lipinski definition) is 5. The van der Waals surface area contributed by atoms with Gasteiger partial charge in [0.05, 0.1) is 18.0 Å². The first-order chi connectivity index (χ1) is 9.40. The van der Waals surface area contributed by atoms with Crippen molar-refractivity contribution in [3.63, 3.8) is 0 Å².